The monoisotopic (exact) mass is 390 g/mol. The van der Waals surface area contributed by atoms with Crippen molar-refractivity contribution in [2.75, 3.05) is 52.6 Å². The minimum absolute atomic E-state index is 0.0137. The Labute approximate surface area is 154 Å². The number of carbonyl (C=O) groups is 1. The summed E-state index contributed by atoms with van der Waals surface area (Å²) in [5.74, 6) is -0.120. The van der Waals surface area contributed by atoms with Gasteiger partial charge >= 0.3 is 0 Å². The van der Waals surface area contributed by atoms with Crippen LogP contribution in [0.3, 0.4) is 0 Å². The van der Waals surface area contributed by atoms with Gasteiger partial charge in [-0.3, -0.25) is 4.79 Å². The first-order chi connectivity index (χ1) is 11.6. The number of rotatable bonds is 5. The van der Waals surface area contributed by atoms with Crippen LogP contribution < -0.4 is 15.1 Å². The highest BCUT2D eigenvalue weighted by molar-refractivity contribution is 7.89. The molecular weight excluding hydrogens is 364 g/mol. The van der Waals surface area contributed by atoms with Crippen LogP contribution >= 0.6 is 11.6 Å². The molecular formula is C16H27ClN4O3S+2. The molecule has 9 heteroatoms. The standard InChI is InChI=1S/C16H25ClN4O3S/c1-12(21-9-7-20(4)8-10-21)16(22)18-13-5-6-14(17)15(11-13)25(23,24)19(2)3/h5-6,11-12H,7-10H2,1-4H3,(H,18,22)/p+2/t12-/m0/s1. The van der Waals surface area contributed by atoms with Crippen molar-refractivity contribution in [3.8, 4) is 0 Å². The highest BCUT2D eigenvalue weighted by Crippen LogP contribution is 2.26. The molecule has 1 amide bonds. The minimum atomic E-state index is -3.67. The maximum Gasteiger partial charge on any atom is 0.282 e. The SMILES string of the molecule is C[C@@H](C(=O)Nc1ccc(Cl)c(S(=O)(=O)N(C)C)c1)[NH+]1CC[NH+](C)CC1. The Morgan fingerprint density at radius 2 is 1.84 bits per heavy atom. The molecule has 0 bridgehead atoms. The molecule has 3 N–H and O–H groups in total. The van der Waals surface area contributed by atoms with Gasteiger partial charge in [0.2, 0.25) is 10.0 Å². The predicted molar refractivity (Wildman–Crippen MR) is 97.7 cm³/mol. The van der Waals surface area contributed by atoms with Crippen molar-refractivity contribution in [1.82, 2.24) is 4.31 Å². The number of nitrogens with zero attached hydrogens (tertiary/aromatic N) is 1. The van der Waals surface area contributed by atoms with Gasteiger partial charge in [0.05, 0.1) is 12.1 Å². The summed E-state index contributed by atoms with van der Waals surface area (Å²) in [5.41, 5.74) is 0.431. The summed E-state index contributed by atoms with van der Waals surface area (Å²) >= 11 is 6.03. The van der Waals surface area contributed by atoms with E-state index in [1.807, 2.05) is 6.92 Å². The van der Waals surface area contributed by atoms with Gasteiger partial charge in [-0.1, -0.05) is 11.6 Å². The largest absolute Gasteiger partial charge is 0.328 e. The Balaban J connectivity index is 2.13. The zero-order valence-corrected chi connectivity index (χ0v) is 16.7. The zero-order chi connectivity index (χ0) is 18.8. The van der Waals surface area contributed by atoms with Crippen molar-refractivity contribution in [2.45, 2.75) is 17.9 Å². The van der Waals surface area contributed by atoms with Gasteiger partial charge in [-0.15, -0.1) is 0 Å². The number of nitrogens with one attached hydrogen (secondary N) is 3. The van der Waals surface area contributed by atoms with Gasteiger partial charge < -0.3 is 15.1 Å². The second kappa shape index (κ2) is 8.01. The lowest BCUT2D eigenvalue weighted by Crippen LogP contribution is -3.29. The van der Waals surface area contributed by atoms with E-state index in [-0.39, 0.29) is 21.9 Å². The van der Waals surface area contributed by atoms with Gasteiger partial charge in [-0.25, -0.2) is 12.7 Å². The fourth-order valence-electron chi connectivity index (χ4n) is 2.84. The number of benzene rings is 1. The van der Waals surface area contributed by atoms with Crippen LogP contribution in [-0.2, 0) is 14.8 Å². The van der Waals surface area contributed by atoms with Crippen LogP contribution in [0.1, 0.15) is 6.92 Å². The molecule has 0 spiro atoms. The van der Waals surface area contributed by atoms with Crippen LogP contribution in [0.4, 0.5) is 5.69 Å². The second-order valence-corrected chi connectivity index (χ2v) is 9.29. The van der Waals surface area contributed by atoms with E-state index in [0.717, 1.165) is 30.5 Å². The smallest absolute Gasteiger partial charge is 0.282 e. The molecule has 1 aliphatic heterocycles. The van der Waals surface area contributed by atoms with Crippen LogP contribution in [0.15, 0.2) is 23.1 Å². The summed E-state index contributed by atoms with van der Waals surface area (Å²) in [6, 6.07) is 4.32. The third kappa shape index (κ3) is 4.71. The van der Waals surface area contributed by atoms with Gasteiger partial charge in [0.25, 0.3) is 5.91 Å². The molecule has 1 heterocycles. The van der Waals surface area contributed by atoms with Crippen LogP contribution in [0, 0.1) is 0 Å². The number of halogens is 1. The van der Waals surface area contributed by atoms with Gasteiger partial charge in [-0.2, -0.15) is 0 Å². The molecule has 1 saturated heterocycles. The first kappa shape index (κ1) is 20.1. The van der Waals surface area contributed by atoms with Gasteiger partial charge in [0.1, 0.15) is 31.1 Å². The fourth-order valence-corrected chi connectivity index (χ4v) is 4.24. The first-order valence-electron chi connectivity index (χ1n) is 8.31. The summed E-state index contributed by atoms with van der Waals surface area (Å²) in [6.45, 7) is 5.87. The normalized spacial score (nSPS) is 22.6. The third-order valence-electron chi connectivity index (χ3n) is 4.71. The predicted octanol–water partition coefficient (Wildman–Crippen LogP) is -1.67. The van der Waals surface area contributed by atoms with E-state index in [9.17, 15) is 13.2 Å². The molecule has 1 aromatic carbocycles. The van der Waals surface area contributed by atoms with E-state index in [4.69, 9.17) is 11.6 Å². The van der Waals surface area contributed by atoms with Crippen molar-refractivity contribution in [3.05, 3.63) is 23.2 Å². The molecule has 0 radical (unpaired) electrons. The number of hydrogen-bond donors (Lipinski definition) is 3. The molecule has 140 valence electrons. The topological polar surface area (TPSA) is 75.4 Å². The molecule has 25 heavy (non-hydrogen) atoms. The molecule has 1 aromatic rings. The van der Waals surface area contributed by atoms with E-state index in [1.54, 1.807) is 6.07 Å². The molecule has 0 unspecified atom stereocenters. The number of likely N-dealkylation sites (N-methyl/N-ethyl adjacent to an activating group) is 1. The lowest BCUT2D eigenvalue weighted by molar-refractivity contribution is -1.01. The van der Waals surface area contributed by atoms with Gasteiger partial charge in [-0.05, 0) is 25.1 Å². The molecule has 1 aliphatic rings. The first-order valence-corrected chi connectivity index (χ1v) is 10.1. The number of anilines is 1. The van der Waals surface area contributed by atoms with E-state index in [0.29, 0.717) is 5.69 Å². The number of carbonyl (C=O) groups excluding carboxylic acids is 1. The van der Waals surface area contributed by atoms with Crippen LogP contribution in [-0.4, -0.2) is 72.0 Å². The van der Waals surface area contributed by atoms with Gasteiger partial charge in [0, 0.05) is 19.8 Å². The number of sulfonamides is 1. The number of amides is 1. The molecule has 0 aliphatic carbocycles. The van der Waals surface area contributed by atoms with Crippen molar-refractivity contribution < 1.29 is 23.0 Å². The second-order valence-electron chi connectivity index (χ2n) is 6.76. The van der Waals surface area contributed by atoms with Crippen molar-refractivity contribution in [2.24, 2.45) is 0 Å². The molecule has 2 rings (SSSR count). The Morgan fingerprint density at radius 1 is 1.24 bits per heavy atom. The summed E-state index contributed by atoms with van der Waals surface area (Å²) < 4.78 is 25.7. The fraction of sp³-hybridized carbons (Fsp3) is 0.562. The molecule has 1 atom stereocenters. The third-order valence-corrected chi connectivity index (χ3v) is 7.01. The average Bonchev–Trinajstić information content (AvgIpc) is 2.56. The molecule has 1 fully saturated rings. The Bertz CT molecular complexity index is 731. The summed E-state index contributed by atoms with van der Waals surface area (Å²) in [7, 11) is 1.37. The molecule has 0 aromatic heterocycles. The maximum absolute atomic E-state index is 12.5. The molecule has 0 saturated carbocycles. The Morgan fingerprint density at radius 3 is 2.40 bits per heavy atom. The number of quaternary nitrogens is 2. The van der Waals surface area contributed by atoms with E-state index < -0.39 is 10.0 Å². The van der Waals surface area contributed by atoms with Crippen LogP contribution in [0.2, 0.25) is 5.02 Å². The van der Waals surface area contributed by atoms with E-state index >= 15 is 0 Å². The molecule has 7 nitrogen and oxygen atoms in total. The lowest BCUT2D eigenvalue weighted by atomic mass is 10.2. The van der Waals surface area contributed by atoms with E-state index in [1.165, 1.54) is 36.0 Å². The number of piperazine rings is 1. The summed E-state index contributed by atoms with van der Waals surface area (Å²) in [4.78, 5) is 15.3. The van der Waals surface area contributed by atoms with Crippen molar-refractivity contribution in [3.63, 3.8) is 0 Å². The minimum Gasteiger partial charge on any atom is -0.328 e. The summed E-state index contributed by atoms with van der Waals surface area (Å²) in [6.07, 6.45) is 0. The summed E-state index contributed by atoms with van der Waals surface area (Å²) in [5, 5.41) is 2.95. The quantitative estimate of drug-likeness (QED) is 0.563. The average molecular weight is 391 g/mol. The highest BCUT2D eigenvalue weighted by atomic mass is 35.5. The maximum atomic E-state index is 12.5. The Hall–Kier alpha value is -1.19. The van der Waals surface area contributed by atoms with E-state index in [2.05, 4.69) is 12.4 Å². The zero-order valence-electron chi connectivity index (χ0n) is 15.1. The van der Waals surface area contributed by atoms with Crippen LogP contribution in [0.5, 0.6) is 0 Å². The lowest BCUT2D eigenvalue weighted by Gasteiger charge is -2.30. The Kier molecular flexibility index (Phi) is 6.45. The van der Waals surface area contributed by atoms with Crippen molar-refractivity contribution >= 4 is 33.2 Å². The van der Waals surface area contributed by atoms with Gasteiger partial charge in [0.15, 0.2) is 6.04 Å². The van der Waals surface area contributed by atoms with Crippen molar-refractivity contribution in [1.29, 1.82) is 0 Å². The highest BCUT2D eigenvalue weighted by Gasteiger charge is 2.30. The van der Waals surface area contributed by atoms with Crippen LogP contribution in [0.25, 0.3) is 0 Å². The number of hydrogen-bond acceptors (Lipinski definition) is 3.